The summed E-state index contributed by atoms with van der Waals surface area (Å²) >= 11 is 0. The van der Waals surface area contributed by atoms with Crippen LogP contribution in [0, 0.1) is 0 Å². The first-order valence-corrected chi connectivity index (χ1v) is 7.12. The van der Waals surface area contributed by atoms with Crippen molar-refractivity contribution in [3.8, 4) is 0 Å². The van der Waals surface area contributed by atoms with Gasteiger partial charge in [-0.3, -0.25) is 0 Å². The summed E-state index contributed by atoms with van der Waals surface area (Å²) in [6.07, 6.45) is 2.32. The van der Waals surface area contributed by atoms with Gasteiger partial charge >= 0.3 is 0 Å². The van der Waals surface area contributed by atoms with Crippen molar-refractivity contribution in [2.45, 2.75) is 13.8 Å². The van der Waals surface area contributed by atoms with Crippen LogP contribution in [0.1, 0.15) is 13.8 Å². The number of hydrogen-bond donors (Lipinski definition) is 0. The Hall–Kier alpha value is -0.900. The van der Waals surface area contributed by atoms with Crippen LogP contribution in [0.3, 0.4) is 0 Å². The molecule has 0 aliphatic rings. The van der Waals surface area contributed by atoms with Gasteiger partial charge in [0, 0.05) is 19.6 Å². The van der Waals surface area contributed by atoms with Crippen LogP contribution in [0.25, 0.3) is 0 Å². The third kappa shape index (κ3) is 8.31. The van der Waals surface area contributed by atoms with E-state index in [0.717, 1.165) is 19.6 Å². The minimum atomic E-state index is 0.906. The minimum Gasteiger partial charge on any atom is -0.305 e. The lowest BCUT2D eigenvalue weighted by Crippen LogP contribution is -2.19. The topological polar surface area (TPSA) is 9.72 Å². The Balaban J connectivity index is 5.26. The van der Waals surface area contributed by atoms with E-state index in [-0.39, 0.29) is 0 Å². The first kappa shape index (κ1) is 19.1. The molecule has 0 fully saturated rings. The SMILES string of the molecule is C=C(CN(C)C)/C(C)=C(\C=C(/C)CN(C)C)CN(C)C. The monoisotopic (exact) mass is 279 g/mol. The van der Waals surface area contributed by atoms with E-state index < -0.39 is 0 Å². The molecular formula is C17H33N3. The highest BCUT2D eigenvalue weighted by molar-refractivity contribution is 5.40. The molecule has 0 aromatic heterocycles. The van der Waals surface area contributed by atoms with E-state index in [2.05, 4.69) is 83.5 Å². The van der Waals surface area contributed by atoms with Crippen LogP contribution >= 0.6 is 0 Å². The first-order chi connectivity index (χ1) is 9.13. The smallest absolute Gasteiger partial charge is 0.0230 e. The zero-order chi connectivity index (χ0) is 15.9. The molecular weight excluding hydrogens is 246 g/mol. The average molecular weight is 279 g/mol. The lowest BCUT2D eigenvalue weighted by atomic mass is 10.00. The highest BCUT2D eigenvalue weighted by Gasteiger charge is 2.07. The van der Waals surface area contributed by atoms with Crippen molar-refractivity contribution in [2.75, 3.05) is 61.9 Å². The highest BCUT2D eigenvalue weighted by atomic mass is 15.1. The molecule has 0 saturated carbocycles. The van der Waals surface area contributed by atoms with Gasteiger partial charge in [0.1, 0.15) is 0 Å². The maximum absolute atomic E-state index is 4.23. The summed E-state index contributed by atoms with van der Waals surface area (Å²) in [7, 11) is 12.6. The third-order valence-electron chi connectivity index (χ3n) is 2.99. The molecule has 0 unspecified atom stereocenters. The second kappa shape index (κ2) is 9.11. The van der Waals surface area contributed by atoms with E-state index in [9.17, 15) is 0 Å². The number of rotatable bonds is 8. The van der Waals surface area contributed by atoms with Crippen LogP contribution in [0.4, 0.5) is 0 Å². The predicted octanol–water partition coefficient (Wildman–Crippen LogP) is 2.49. The molecule has 0 aromatic rings. The van der Waals surface area contributed by atoms with E-state index in [1.165, 1.54) is 22.3 Å². The molecule has 0 aliphatic carbocycles. The van der Waals surface area contributed by atoms with Crippen molar-refractivity contribution in [1.82, 2.24) is 14.7 Å². The molecule has 0 aromatic carbocycles. The zero-order valence-corrected chi connectivity index (χ0v) is 14.7. The van der Waals surface area contributed by atoms with Gasteiger partial charge in [-0.05, 0) is 72.9 Å². The Morgan fingerprint density at radius 1 is 0.800 bits per heavy atom. The summed E-state index contributed by atoms with van der Waals surface area (Å²) in [5.41, 5.74) is 5.25. The molecule has 0 spiro atoms. The molecule has 20 heavy (non-hydrogen) atoms. The number of likely N-dealkylation sites (N-methyl/N-ethyl adjacent to an activating group) is 3. The fourth-order valence-corrected chi connectivity index (χ4v) is 2.18. The fraction of sp³-hybridized carbons (Fsp3) is 0.647. The fourth-order valence-electron chi connectivity index (χ4n) is 2.18. The molecule has 116 valence electrons. The van der Waals surface area contributed by atoms with Crippen molar-refractivity contribution in [2.24, 2.45) is 0 Å². The molecule has 0 atom stereocenters. The molecule has 0 aliphatic heterocycles. The highest BCUT2D eigenvalue weighted by Crippen LogP contribution is 2.17. The van der Waals surface area contributed by atoms with E-state index in [0.29, 0.717) is 0 Å². The molecule has 0 saturated heterocycles. The standard InChI is InChI=1S/C17H33N3/c1-14(11-18(4)5)10-17(13-20(8)9)16(3)15(2)12-19(6)7/h10H,2,11-13H2,1,3-9H3/b14-10+,17-16+. The predicted molar refractivity (Wildman–Crippen MR) is 91.3 cm³/mol. The molecule has 0 amide bonds. The Bertz CT molecular complexity index is 374. The summed E-state index contributed by atoms with van der Waals surface area (Å²) in [4.78, 5) is 6.57. The zero-order valence-electron chi connectivity index (χ0n) is 14.7. The quantitative estimate of drug-likeness (QED) is 0.632. The van der Waals surface area contributed by atoms with E-state index in [1.54, 1.807) is 0 Å². The third-order valence-corrected chi connectivity index (χ3v) is 2.99. The molecule has 3 nitrogen and oxygen atoms in total. The van der Waals surface area contributed by atoms with E-state index in [1.807, 2.05) is 0 Å². The summed E-state index contributed by atoms with van der Waals surface area (Å²) < 4.78 is 0. The summed E-state index contributed by atoms with van der Waals surface area (Å²) in [5.74, 6) is 0. The molecule has 0 bridgehead atoms. The first-order valence-electron chi connectivity index (χ1n) is 7.12. The van der Waals surface area contributed by atoms with Gasteiger partial charge in [0.05, 0.1) is 0 Å². The van der Waals surface area contributed by atoms with Crippen molar-refractivity contribution < 1.29 is 0 Å². The number of hydrogen-bond acceptors (Lipinski definition) is 3. The van der Waals surface area contributed by atoms with Crippen molar-refractivity contribution in [3.05, 3.63) is 34.9 Å². The van der Waals surface area contributed by atoms with Crippen LogP contribution < -0.4 is 0 Å². The van der Waals surface area contributed by atoms with Crippen LogP contribution in [0.2, 0.25) is 0 Å². The maximum atomic E-state index is 4.23. The summed E-state index contributed by atoms with van der Waals surface area (Å²) in [5, 5.41) is 0. The van der Waals surface area contributed by atoms with Gasteiger partial charge in [0.15, 0.2) is 0 Å². The normalized spacial score (nSPS) is 14.2. The van der Waals surface area contributed by atoms with E-state index in [4.69, 9.17) is 0 Å². The number of nitrogens with zero attached hydrogens (tertiary/aromatic N) is 3. The second-order valence-corrected chi connectivity index (χ2v) is 6.46. The summed E-state index contributed by atoms with van der Waals surface area (Å²) in [6, 6.07) is 0. The Kier molecular flexibility index (Phi) is 8.70. The maximum Gasteiger partial charge on any atom is 0.0230 e. The lowest BCUT2D eigenvalue weighted by Gasteiger charge is -2.19. The van der Waals surface area contributed by atoms with Gasteiger partial charge < -0.3 is 14.7 Å². The second-order valence-electron chi connectivity index (χ2n) is 6.46. The molecule has 0 N–H and O–H groups in total. The van der Waals surface area contributed by atoms with Crippen molar-refractivity contribution in [3.63, 3.8) is 0 Å². The van der Waals surface area contributed by atoms with E-state index >= 15 is 0 Å². The van der Waals surface area contributed by atoms with Gasteiger partial charge in [-0.25, -0.2) is 0 Å². The van der Waals surface area contributed by atoms with Crippen molar-refractivity contribution >= 4 is 0 Å². The molecule has 0 radical (unpaired) electrons. The van der Waals surface area contributed by atoms with Gasteiger partial charge in [0.2, 0.25) is 0 Å². The minimum absolute atomic E-state index is 0.906. The largest absolute Gasteiger partial charge is 0.305 e. The van der Waals surface area contributed by atoms with Gasteiger partial charge in [-0.2, -0.15) is 0 Å². The lowest BCUT2D eigenvalue weighted by molar-refractivity contribution is 0.437. The Labute approximate surface area is 126 Å². The van der Waals surface area contributed by atoms with Crippen LogP contribution in [0.5, 0.6) is 0 Å². The Morgan fingerprint density at radius 2 is 1.25 bits per heavy atom. The van der Waals surface area contributed by atoms with Crippen LogP contribution in [-0.2, 0) is 0 Å². The Morgan fingerprint density at radius 3 is 1.65 bits per heavy atom. The molecule has 3 heteroatoms. The molecule has 0 heterocycles. The van der Waals surface area contributed by atoms with Crippen LogP contribution in [-0.4, -0.2) is 76.6 Å². The van der Waals surface area contributed by atoms with Gasteiger partial charge in [0.25, 0.3) is 0 Å². The average Bonchev–Trinajstić information content (AvgIpc) is 2.24. The van der Waals surface area contributed by atoms with Crippen molar-refractivity contribution in [1.29, 1.82) is 0 Å². The molecule has 0 rings (SSSR count). The summed E-state index contributed by atoms with van der Waals surface area (Å²) in [6.45, 7) is 11.5. The van der Waals surface area contributed by atoms with Crippen LogP contribution in [0.15, 0.2) is 34.9 Å². The van der Waals surface area contributed by atoms with Gasteiger partial charge in [-0.15, -0.1) is 0 Å². The van der Waals surface area contributed by atoms with Gasteiger partial charge in [-0.1, -0.05) is 18.2 Å².